The molecule has 6 nitrogen and oxygen atoms in total. The molecule has 28 heavy (non-hydrogen) atoms. The summed E-state index contributed by atoms with van der Waals surface area (Å²) in [5.74, 6) is 1.50. The highest BCUT2D eigenvalue weighted by Crippen LogP contribution is 2.40. The predicted octanol–water partition coefficient (Wildman–Crippen LogP) is 2.94. The maximum Gasteiger partial charge on any atom is 0.255 e. The van der Waals surface area contributed by atoms with Crippen molar-refractivity contribution in [3.05, 3.63) is 59.3 Å². The van der Waals surface area contributed by atoms with Crippen LogP contribution in [0.4, 0.5) is 0 Å². The standard InChI is InChI=1S/C22H25N5O/c1-14-3-6-18-16(11-14)17(12-19(25-18)15-4-5-15)22(28)27-10-7-23-13-20(27)21-24-8-9-26(21)2/h3,6,8-9,11-12,15,20,23H,4-5,7,10,13H2,1-2H3. The van der Waals surface area contributed by atoms with Gasteiger partial charge in [0.25, 0.3) is 5.91 Å². The summed E-state index contributed by atoms with van der Waals surface area (Å²) < 4.78 is 2.00. The first-order chi connectivity index (χ1) is 13.6. The Hall–Kier alpha value is -2.73. The van der Waals surface area contributed by atoms with Crippen LogP contribution in [-0.4, -0.2) is 45.0 Å². The van der Waals surface area contributed by atoms with Gasteiger partial charge < -0.3 is 14.8 Å². The lowest BCUT2D eigenvalue weighted by Gasteiger charge is -2.36. The van der Waals surface area contributed by atoms with Crippen LogP contribution in [0, 0.1) is 6.92 Å². The van der Waals surface area contributed by atoms with E-state index in [-0.39, 0.29) is 11.9 Å². The molecule has 1 aliphatic carbocycles. The average molecular weight is 375 g/mol. The monoisotopic (exact) mass is 375 g/mol. The van der Waals surface area contributed by atoms with Gasteiger partial charge in [-0.15, -0.1) is 0 Å². The topological polar surface area (TPSA) is 63.1 Å². The fourth-order valence-electron chi connectivity index (χ4n) is 4.16. The largest absolute Gasteiger partial charge is 0.336 e. The molecule has 1 amide bonds. The number of piperazine rings is 1. The molecule has 0 spiro atoms. The number of carbonyl (C=O) groups is 1. The first-order valence-corrected chi connectivity index (χ1v) is 10.0. The molecule has 1 saturated carbocycles. The van der Waals surface area contributed by atoms with Crippen molar-refractivity contribution >= 4 is 16.8 Å². The molecule has 1 aromatic carbocycles. The molecule has 2 fully saturated rings. The van der Waals surface area contributed by atoms with Crippen molar-refractivity contribution in [1.29, 1.82) is 0 Å². The zero-order valence-electron chi connectivity index (χ0n) is 16.4. The molecular weight excluding hydrogens is 350 g/mol. The van der Waals surface area contributed by atoms with Crippen molar-refractivity contribution in [3.63, 3.8) is 0 Å². The van der Waals surface area contributed by atoms with Gasteiger partial charge in [-0.25, -0.2) is 4.98 Å². The van der Waals surface area contributed by atoms with Gasteiger partial charge in [0.1, 0.15) is 11.9 Å². The fourth-order valence-corrected chi connectivity index (χ4v) is 4.16. The number of imidazole rings is 1. The van der Waals surface area contributed by atoms with E-state index in [2.05, 4.69) is 29.4 Å². The van der Waals surface area contributed by atoms with Crippen LogP contribution < -0.4 is 5.32 Å². The Morgan fingerprint density at radius 2 is 2.11 bits per heavy atom. The number of hydrogen-bond acceptors (Lipinski definition) is 4. The summed E-state index contributed by atoms with van der Waals surface area (Å²) in [4.78, 5) is 25.1. The number of nitrogens with one attached hydrogen (secondary N) is 1. The van der Waals surface area contributed by atoms with E-state index in [0.717, 1.165) is 40.1 Å². The van der Waals surface area contributed by atoms with Crippen molar-refractivity contribution in [2.24, 2.45) is 7.05 Å². The summed E-state index contributed by atoms with van der Waals surface area (Å²) in [6.07, 6.45) is 6.06. The van der Waals surface area contributed by atoms with Gasteiger partial charge in [0, 0.05) is 56.1 Å². The Bertz CT molecular complexity index is 1050. The first kappa shape index (κ1) is 17.4. The third-order valence-corrected chi connectivity index (χ3v) is 5.87. The number of amides is 1. The Labute approximate surface area is 164 Å². The zero-order valence-corrected chi connectivity index (χ0v) is 16.4. The fraction of sp³-hybridized carbons (Fsp3) is 0.409. The van der Waals surface area contributed by atoms with Gasteiger partial charge in [-0.2, -0.15) is 0 Å². The van der Waals surface area contributed by atoms with E-state index in [4.69, 9.17) is 4.98 Å². The molecule has 1 saturated heterocycles. The van der Waals surface area contributed by atoms with Crippen molar-refractivity contribution in [2.75, 3.05) is 19.6 Å². The third-order valence-electron chi connectivity index (χ3n) is 5.87. The van der Waals surface area contributed by atoms with Gasteiger partial charge >= 0.3 is 0 Å². The summed E-state index contributed by atoms with van der Waals surface area (Å²) in [6, 6.07) is 8.17. The van der Waals surface area contributed by atoms with Crippen LogP contribution in [0.1, 0.15) is 52.2 Å². The maximum absolute atomic E-state index is 13.8. The Balaban J connectivity index is 1.61. The van der Waals surface area contributed by atoms with Gasteiger partial charge in [-0.3, -0.25) is 9.78 Å². The Morgan fingerprint density at radius 3 is 2.86 bits per heavy atom. The maximum atomic E-state index is 13.8. The van der Waals surface area contributed by atoms with Crippen LogP contribution >= 0.6 is 0 Å². The summed E-state index contributed by atoms with van der Waals surface area (Å²) in [6.45, 7) is 4.24. The lowest BCUT2D eigenvalue weighted by molar-refractivity contribution is 0.0622. The lowest BCUT2D eigenvalue weighted by atomic mass is 10.0. The van der Waals surface area contributed by atoms with Crippen LogP contribution in [-0.2, 0) is 7.05 Å². The summed E-state index contributed by atoms with van der Waals surface area (Å²) in [7, 11) is 1.98. The lowest BCUT2D eigenvalue weighted by Crippen LogP contribution is -2.49. The second kappa shape index (κ2) is 6.71. The highest BCUT2D eigenvalue weighted by molar-refractivity contribution is 6.06. The zero-order chi connectivity index (χ0) is 19.3. The molecule has 3 aromatic rings. The van der Waals surface area contributed by atoms with Crippen molar-refractivity contribution in [2.45, 2.75) is 31.7 Å². The number of aromatic nitrogens is 3. The van der Waals surface area contributed by atoms with E-state index in [9.17, 15) is 4.79 Å². The van der Waals surface area contributed by atoms with Crippen molar-refractivity contribution in [1.82, 2.24) is 24.8 Å². The van der Waals surface area contributed by atoms with Crippen molar-refractivity contribution < 1.29 is 4.79 Å². The number of hydrogen-bond donors (Lipinski definition) is 1. The number of pyridine rings is 1. The number of aryl methyl sites for hydroxylation is 2. The molecule has 6 heteroatoms. The quantitative estimate of drug-likeness (QED) is 0.765. The molecule has 2 aromatic heterocycles. The van der Waals surface area contributed by atoms with E-state index in [1.165, 1.54) is 12.8 Å². The van der Waals surface area contributed by atoms with Gasteiger partial charge in [-0.1, -0.05) is 11.6 Å². The minimum absolute atomic E-state index is 0.0707. The molecule has 2 aliphatic rings. The number of nitrogens with zero attached hydrogens (tertiary/aromatic N) is 4. The van der Waals surface area contributed by atoms with Gasteiger partial charge in [0.2, 0.25) is 0 Å². The second-order valence-electron chi connectivity index (χ2n) is 8.00. The predicted molar refractivity (Wildman–Crippen MR) is 108 cm³/mol. The molecule has 3 heterocycles. The molecule has 0 radical (unpaired) electrons. The average Bonchev–Trinajstić information content (AvgIpc) is 3.48. The molecule has 144 valence electrons. The third kappa shape index (κ3) is 2.98. The Kier molecular flexibility index (Phi) is 4.16. The highest BCUT2D eigenvalue weighted by atomic mass is 16.2. The van der Waals surface area contributed by atoms with E-state index in [0.29, 0.717) is 19.0 Å². The highest BCUT2D eigenvalue weighted by Gasteiger charge is 2.33. The van der Waals surface area contributed by atoms with E-state index in [1.807, 2.05) is 34.8 Å². The van der Waals surface area contributed by atoms with Crippen molar-refractivity contribution in [3.8, 4) is 0 Å². The summed E-state index contributed by atoms with van der Waals surface area (Å²) >= 11 is 0. The number of rotatable bonds is 3. The van der Waals surface area contributed by atoms with Gasteiger partial charge in [0.05, 0.1) is 11.1 Å². The minimum atomic E-state index is -0.0707. The molecular formula is C22H25N5O. The molecule has 1 N–H and O–H groups in total. The molecule has 1 unspecified atom stereocenters. The van der Waals surface area contributed by atoms with Crippen LogP contribution in [0.2, 0.25) is 0 Å². The smallest absolute Gasteiger partial charge is 0.255 e. The van der Waals surface area contributed by atoms with E-state index >= 15 is 0 Å². The SMILES string of the molecule is Cc1ccc2nc(C3CC3)cc(C(=O)N3CCNCC3c3nccn3C)c2c1. The van der Waals surface area contributed by atoms with Crippen LogP contribution in [0.25, 0.3) is 10.9 Å². The summed E-state index contributed by atoms with van der Waals surface area (Å²) in [5, 5.41) is 4.36. The van der Waals surface area contributed by atoms with E-state index in [1.54, 1.807) is 6.20 Å². The normalized spacial score (nSPS) is 19.9. The molecule has 1 aliphatic heterocycles. The number of benzene rings is 1. The van der Waals surface area contributed by atoms with Crippen LogP contribution in [0.5, 0.6) is 0 Å². The van der Waals surface area contributed by atoms with Crippen LogP contribution in [0.15, 0.2) is 36.7 Å². The molecule has 5 rings (SSSR count). The van der Waals surface area contributed by atoms with Crippen LogP contribution in [0.3, 0.4) is 0 Å². The Morgan fingerprint density at radius 1 is 1.25 bits per heavy atom. The van der Waals surface area contributed by atoms with Gasteiger partial charge in [-0.05, 0) is 38.0 Å². The first-order valence-electron chi connectivity index (χ1n) is 10.0. The number of carbonyl (C=O) groups excluding carboxylic acids is 1. The molecule has 1 atom stereocenters. The second-order valence-corrected chi connectivity index (χ2v) is 8.00. The molecule has 0 bridgehead atoms. The number of fused-ring (bicyclic) bond motifs is 1. The van der Waals surface area contributed by atoms with E-state index < -0.39 is 0 Å². The summed E-state index contributed by atoms with van der Waals surface area (Å²) in [5.41, 5.74) is 3.89. The minimum Gasteiger partial charge on any atom is -0.336 e. The van der Waals surface area contributed by atoms with Gasteiger partial charge in [0.15, 0.2) is 0 Å².